The summed E-state index contributed by atoms with van der Waals surface area (Å²) in [5.74, 6) is -0.541. The van der Waals surface area contributed by atoms with Crippen LogP contribution in [0.4, 0.5) is 8.78 Å². The summed E-state index contributed by atoms with van der Waals surface area (Å²) in [5.41, 5.74) is 2.04. The SMILES string of the molecule is CN(Cc1nc2ccccc2n1C)CC(O)c1ccc(F)cc1F. The molecule has 1 heterocycles. The van der Waals surface area contributed by atoms with E-state index in [0.717, 1.165) is 29.0 Å². The van der Waals surface area contributed by atoms with Gasteiger partial charge < -0.3 is 9.67 Å². The molecule has 0 spiro atoms. The average molecular weight is 331 g/mol. The Labute approximate surface area is 139 Å². The Bertz CT molecular complexity index is 863. The number of nitrogens with zero attached hydrogens (tertiary/aromatic N) is 3. The van der Waals surface area contributed by atoms with Gasteiger partial charge in [0.1, 0.15) is 17.5 Å². The number of rotatable bonds is 5. The number of fused-ring (bicyclic) bond motifs is 1. The van der Waals surface area contributed by atoms with Crippen LogP contribution in [0.15, 0.2) is 42.5 Å². The molecule has 1 unspecified atom stereocenters. The van der Waals surface area contributed by atoms with E-state index in [1.165, 1.54) is 6.07 Å². The average Bonchev–Trinajstić information content (AvgIpc) is 2.83. The molecule has 0 fully saturated rings. The predicted octanol–water partition coefficient (Wildman–Crippen LogP) is 3.02. The van der Waals surface area contributed by atoms with E-state index in [9.17, 15) is 13.9 Å². The zero-order chi connectivity index (χ0) is 17.3. The molecular weight excluding hydrogens is 312 g/mol. The van der Waals surface area contributed by atoms with Gasteiger partial charge in [0.15, 0.2) is 0 Å². The Balaban J connectivity index is 1.72. The van der Waals surface area contributed by atoms with Crippen molar-refractivity contribution in [3.05, 3.63) is 65.5 Å². The fraction of sp³-hybridized carbons (Fsp3) is 0.278. The van der Waals surface area contributed by atoms with Crippen LogP contribution in [0.3, 0.4) is 0 Å². The van der Waals surface area contributed by atoms with Gasteiger partial charge in [-0.05, 0) is 25.2 Å². The Morgan fingerprint density at radius 2 is 1.96 bits per heavy atom. The predicted molar refractivity (Wildman–Crippen MR) is 88.4 cm³/mol. The summed E-state index contributed by atoms with van der Waals surface area (Å²) in [4.78, 5) is 6.43. The van der Waals surface area contributed by atoms with Crippen molar-refractivity contribution >= 4 is 11.0 Å². The van der Waals surface area contributed by atoms with Gasteiger partial charge in [-0.3, -0.25) is 4.90 Å². The fourth-order valence-electron chi connectivity index (χ4n) is 2.81. The van der Waals surface area contributed by atoms with Crippen molar-refractivity contribution < 1.29 is 13.9 Å². The van der Waals surface area contributed by atoms with Crippen LogP contribution >= 0.6 is 0 Å². The van der Waals surface area contributed by atoms with Crippen LogP contribution in [0.25, 0.3) is 11.0 Å². The number of aliphatic hydroxyl groups excluding tert-OH is 1. The molecule has 1 atom stereocenters. The topological polar surface area (TPSA) is 41.3 Å². The van der Waals surface area contributed by atoms with Gasteiger partial charge in [-0.25, -0.2) is 13.8 Å². The van der Waals surface area contributed by atoms with Crippen LogP contribution in [0, 0.1) is 11.6 Å². The Kier molecular flexibility index (Phi) is 4.59. The van der Waals surface area contributed by atoms with Crippen LogP contribution in [-0.2, 0) is 13.6 Å². The van der Waals surface area contributed by atoms with Crippen molar-refractivity contribution in [2.45, 2.75) is 12.6 Å². The van der Waals surface area contributed by atoms with Gasteiger partial charge in [-0.1, -0.05) is 18.2 Å². The van der Waals surface area contributed by atoms with E-state index in [1.807, 2.05) is 47.8 Å². The molecule has 1 aromatic heterocycles. The van der Waals surface area contributed by atoms with Crippen LogP contribution in [0.2, 0.25) is 0 Å². The van der Waals surface area contributed by atoms with Crippen LogP contribution in [-0.4, -0.2) is 33.1 Å². The number of likely N-dealkylation sites (N-methyl/N-ethyl adjacent to an activating group) is 1. The number of para-hydroxylation sites is 2. The van der Waals surface area contributed by atoms with Crippen molar-refractivity contribution in [3.8, 4) is 0 Å². The first-order valence-corrected chi connectivity index (χ1v) is 7.67. The largest absolute Gasteiger partial charge is 0.387 e. The highest BCUT2D eigenvalue weighted by Crippen LogP contribution is 2.20. The summed E-state index contributed by atoms with van der Waals surface area (Å²) in [6.45, 7) is 0.719. The molecule has 4 nitrogen and oxygen atoms in total. The Hall–Kier alpha value is -2.31. The number of imidazole rings is 1. The summed E-state index contributed by atoms with van der Waals surface area (Å²) >= 11 is 0. The lowest BCUT2D eigenvalue weighted by atomic mass is 10.1. The highest BCUT2D eigenvalue weighted by atomic mass is 19.1. The molecule has 1 N–H and O–H groups in total. The molecule has 0 amide bonds. The molecule has 126 valence electrons. The molecule has 0 saturated heterocycles. The molecule has 0 aliphatic rings. The van der Waals surface area contributed by atoms with Crippen LogP contribution < -0.4 is 0 Å². The monoisotopic (exact) mass is 331 g/mol. The Morgan fingerprint density at radius 3 is 2.67 bits per heavy atom. The zero-order valence-corrected chi connectivity index (χ0v) is 13.6. The fourth-order valence-corrected chi connectivity index (χ4v) is 2.81. The van der Waals surface area contributed by atoms with Crippen LogP contribution in [0.1, 0.15) is 17.5 Å². The van der Waals surface area contributed by atoms with Gasteiger partial charge in [0.05, 0.1) is 23.7 Å². The molecule has 3 aromatic rings. The minimum Gasteiger partial charge on any atom is -0.387 e. The number of hydrogen-bond donors (Lipinski definition) is 1. The minimum atomic E-state index is -1.04. The van der Waals surface area contributed by atoms with Gasteiger partial charge in [0.2, 0.25) is 0 Å². The van der Waals surface area contributed by atoms with E-state index in [1.54, 1.807) is 0 Å². The molecule has 0 aliphatic heterocycles. The lowest BCUT2D eigenvalue weighted by Crippen LogP contribution is -2.26. The molecule has 24 heavy (non-hydrogen) atoms. The van der Waals surface area contributed by atoms with Crippen molar-refractivity contribution in [1.29, 1.82) is 0 Å². The molecule has 0 radical (unpaired) electrons. The second-order valence-corrected chi connectivity index (χ2v) is 5.95. The number of hydrogen-bond acceptors (Lipinski definition) is 3. The molecule has 2 aromatic carbocycles. The first kappa shape index (κ1) is 16.5. The summed E-state index contributed by atoms with van der Waals surface area (Å²) in [5, 5.41) is 10.2. The van der Waals surface area contributed by atoms with Crippen molar-refractivity contribution in [2.75, 3.05) is 13.6 Å². The third-order valence-corrected chi connectivity index (χ3v) is 4.10. The smallest absolute Gasteiger partial charge is 0.131 e. The van der Waals surface area contributed by atoms with E-state index in [4.69, 9.17) is 0 Å². The third-order valence-electron chi connectivity index (χ3n) is 4.10. The highest BCUT2D eigenvalue weighted by molar-refractivity contribution is 5.75. The Morgan fingerprint density at radius 1 is 1.21 bits per heavy atom. The molecule has 0 bridgehead atoms. The number of aromatic nitrogens is 2. The third kappa shape index (κ3) is 3.29. The van der Waals surface area contributed by atoms with E-state index in [0.29, 0.717) is 6.54 Å². The summed E-state index contributed by atoms with van der Waals surface area (Å²) in [7, 11) is 3.76. The highest BCUT2D eigenvalue weighted by Gasteiger charge is 2.17. The first-order chi connectivity index (χ1) is 11.5. The molecule has 0 saturated carbocycles. The number of aryl methyl sites for hydroxylation is 1. The van der Waals surface area contributed by atoms with E-state index in [-0.39, 0.29) is 12.1 Å². The number of halogens is 2. The quantitative estimate of drug-likeness (QED) is 0.781. The molecular formula is C18H19F2N3O. The van der Waals surface area contributed by atoms with E-state index >= 15 is 0 Å². The van der Waals surface area contributed by atoms with E-state index in [2.05, 4.69) is 4.98 Å². The lowest BCUT2D eigenvalue weighted by molar-refractivity contribution is 0.119. The minimum absolute atomic E-state index is 0.0910. The van der Waals surface area contributed by atoms with Crippen molar-refractivity contribution in [3.63, 3.8) is 0 Å². The van der Waals surface area contributed by atoms with Gasteiger partial charge >= 0.3 is 0 Å². The number of benzene rings is 2. The van der Waals surface area contributed by atoms with E-state index < -0.39 is 17.7 Å². The van der Waals surface area contributed by atoms with Gasteiger partial charge in [0, 0.05) is 25.2 Å². The molecule has 0 aliphatic carbocycles. The zero-order valence-electron chi connectivity index (χ0n) is 13.6. The first-order valence-electron chi connectivity index (χ1n) is 7.67. The lowest BCUT2D eigenvalue weighted by Gasteiger charge is -2.21. The van der Waals surface area contributed by atoms with Crippen LogP contribution in [0.5, 0.6) is 0 Å². The normalized spacial score (nSPS) is 12.9. The van der Waals surface area contributed by atoms with Crippen molar-refractivity contribution in [2.24, 2.45) is 7.05 Å². The summed E-state index contributed by atoms with van der Waals surface area (Å²) < 4.78 is 28.7. The van der Waals surface area contributed by atoms with Gasteiger partial charge in [-0.2, -0.15) is 0 Å². The number of aliphatic hydroxyl groups is 1. The second kappa shape index (κ2) is 6.67. The van der Waals surface area contributed by atoms with Crippen molar-refractivity contribution in [1.82, 2.24) is 14.5 Å². The standard InChI is InChI=1S/C18H19F2N3O/c1-22(10-17(24)13-8-7-12(19)9-14(13)20)11-18-21-15-5-3-4-6-16(15)23(18)2/h3-9,17,24H,10-11H2,1-2H3. The molecule has 3 rings (SSSR count). The second-order valence-electron chi connectivity index (χ2n) is 5.95. The maximum absolute atomic E-state index is 13.7. The maximum atomic E-state index is 13.7. The summed E-state index contributed by atoms with van der Waals surface area (Å²) in [6, 6.07) is 11.0. The molecule has 6 heteroatoms. The van der Waals surface area contributed by atoms with Gasteiger partial charge in [-0.15, -0.1) is 0 Å². The maximum Gasteiger partial charge on any atom is 0.131 e. The van der Waals surface area contributed by atoms with Gasteiger partial charge in [0.25, 0.3) is 0 Å². The summed E-state index contributed by atoms with van der Waals surface area (Å²) in [6.07, 6.45) is -1.04.